The number of hydrogen-bond donors (Lipinski definition) is 4. The van der Waals surface area contributed by atoms with Crippen LogP contribution in [0.5, 0.6) is 11.8 Å². The molecule has 0 radical (unpaired) electrons. The number of carbonyl (C=O) groups excluding carboxylic acids is 2. The smallest absolute Gasteiger partial charge is 0.417 e. The highest BCUT2D eigenvalue weighted by molar-refractivity contribution is 6.06. The summed E-state index contributed by atoms with van der Waals surface area (Å²) in [7, 11) is 1.53. The molecule has 3 aliphatic heterocycles. The zero-order valence-corrected chi connectivity index (χ0v) is 45.5. The van der Waals surface area contributed by atoms with Crippen molar-refractivity contribution in [3.8, 4) is 45.3 Å². The Labute approximate surface area is 463 Å². The maximum Gasteiger partial charge on any atom is 0.417 e. The average Bonchev–Trinajstić information content (AvgIpc) is 3.83. The molecule has 2 bridgehead atoms. The summed E-state index contributed by atoms with van der Waals surface area (Å²) < 4.78 is 83.1. The highest BCUT2D eigenvalue weighted by Crippen LogP contribution is 2.51. The van der Waals surface area contributed by atoms with Crippen molar-refractivity contribution in [2.45, 2.75) is 103 Å². The van der Waals surface area contributed by atoms with Gasteiger partial charge in [-0.1, -0.05) is 67.6 Å². The number of nitrogens with one attached hydrogen (secondary N) is 3. The number of H-pyrrole nitrogens is 1. The lowest BCUT2D eigenvalue weighted by atomic mass is 9.90. The van der Waals surface area contributed by atoms with Gasteiger partial charge < -0.3 is 39.8 Å². The van der Waals surface area contributed by atoms with E-state index in [-0.39, 0.29) is 106 Å². The summed E-state index contributed by atoms with van der Waals surface area (Å²) in [6, 6.07) is 14.3. The molecule has 3 fully saturated rings. The number of anilines is 1. The summed E-state index contributed by atoms with van der Waals surface area (Å²) >= 11 is 0. The van der Waals surface area contributed by atoms with E-state index in [0.29, 0.717) is 54.9 Å². The van der Waals surface area contributed by atoms with Crippen LogP contribution in [0.3, 0.4) is 0 Å². The van der Waals surface area contributed by atoms with Gasteiger partial charge in [-0.2, -0.15) is 28.2 Å². The van der Waals surface area contributed by atoms with E-state index in [4.69, 9.17) is 24.2 Å². The van der Waals surface area contributed by atoms with Crippen LogP contribution in [-0.2, 0) is 27.1 Å². The maximum atomic E-state index is 15.9. The van der Waals surface area contributed by atoms with Crippen molar-refractivity contribution in [1.29, 1.82) is 0 Å². The van der Waals surface area contributed by atoms with Gasteiger partial charge in [0.05, 0.1) is 42.2 Å². The number of benzene rings is 4. The van der Waals surface area contributed by atoms with Crippen molar-refractivity contribution in [2.75, 3.05) is 44.9 Å². The SMILES string of the molecule is CO[C@@H](C)COc1nc(N2C[C@@H]3C[C@H]2CN3)c2cc(C(F)(F)F)c(-c3c(C)c(F)cc4[nH]ncc34)c(OCc3ccc(-c4cn([C@H](C(=O)N5CCC[C@H]5C(=O)N[C@@H](CO)c5ccc(-c6cncnc6C)cc5)C(C)C)nn4)cc3)c2n1. The largest absolute Gasteiger partial charge is 0.486 e. The monoisotopic (exact) mass is 1110 g/mol. The van der Waals surface area contributed by atoms with Gasteiger partial charge in [-0.15, -0.1) is 5.10 Å². The van der Waals surface area contributed by atoms with Gasteiger partial charge in [0, 0.05) is 83.7 Å². The molecule has 4 N–H and O–H groups in total. The second-order valence-corrected chi connectivity index (χ2v) is 21.4. The molecule has 11 rings (SSSR count). The van der Waals surface area contributed by atoms with Crippen LogP contribution in [-0.4, -0.2) is 131 Å². The number of aromatic nitrogens is 9. The number of carbonyl (C=O) groups is 2. The number of rotatable bonds is 18. The molecule has 3 saturated heterocycles. The standard InChI is InChI=1S/C58H61F4N13O6/c1-30(2)52(56(78)73-17-7-8-48(73)55(77)67-47(26-76)37-15-13-35(14-16-37)41-22-63-29-65-33(41)5)75-25-46(71-72-75)36-11-9-34(10-12-36)28-80-53-50(49-32(4)44(59)20-45-42(49)23-66-70-45)43(58(60,61)62)19-40-51(53)68-57(81-27-31(3)79-6)69-54(40)74-24-38-18-39(74)21-64-38/h9-16,19-20,22-23,25,29-31,38-39,47-48,52,64,76H,7-8,17-18,21,24,26-28H2,1-6H3,(H,66,70)(H,67,77)/t31-,38-,39-,47-,48-,52-/m0/s1. The number of alkyl halides is 3. The first-order valence-electron chi connectivity index (χ1n) is 27.0. The van der Waals surface area contributed by atoms with Crippen LogP contribution in [0.25, 0.3) is 55.3 Å². The molecule has 81 heavy (non-hydrogen) atoms. The number of piperazine rings is 1. The number of likely N-dealkylation sites (tertiary alicyclic amines) is 1. The summed E-state index contributed by atoms with van der Waals surface area (Å²) in [4.78, 5) is 50.0. The van der Waals surface area contributed by atoms with E-state index >= 15 is 17.6 Å². The predicted molar refractivity (Wildman–Crippen MR) is 292 cm³/mol. The Balaban J connectivity index is 0.873. The lowest BCUT2D eigenvalue weighted by Crippen LogP contribution is -2.50. The molecule has 6 atom stereocenters. The van der Waals surface area contributed by atoms with Gasteiger partial charge in [0.1, 0.15) is 54.5 Å². The number of ether oxygens (including phenoxy) is 3. The summed E-state index contributed by atoms with van der Waals surface area (Å²) in [6.45, 7) is 9.77. The van der Waals surface area contributed by atoms with Crippen LogP contribution in [0.1, 0.15) is 80.1 Å². The Bertz CT molecular complexity index is 3630. The number of fused-ring (bicyclic) bond motifs is 4. The highest BCUT2D eigenvalue weighted by Gasteiger charge is 2.43. The van der Waals surface area contributed by atoms with Crippen LogP contribution in [0.15, 0.2) is 85.6 Å². The van der Waals surface area contributed by atoms with Crippen molar-refractivity contribution in [3.63, 3.8) is 0 Å². The Morgan fingerprint density at radius 3 is 2.43 bits per heavy atom. The van der Waals surface area contributed by atoms with Crippen LogP contribution in [0.2, 0.25) is 0 Å². The van der Waals surface area contributed by atoms with Gasteiger partial charge in [0.15, 0.2) is 5.75 Å². The summed E-state index contributed by atoms with van der Waals surface area (Å²) in [6.07, 6.45) is 2.72. The van der Waals surface area contributed by atoms with E-state index in [9.17, 15) is 14.7 Å². The molecule has 0 saturated carbocycles. The molecule has 3 aliphatic rings. The number of methoxy groups -OCH3 is 1. The third-order valence-electron chi connectivity index (χ3n) is 15.8. The van der Waals surface area contributed by atoms with Crippen LogP contribution in [0.4, 0.5) is 23.4 Å². The Hall–Kier alpha value is -8.15. The predicted octanol–water partition coefficient (Wildman–Crippen LogP) is 8.24. The fourth-order valence-electron chi connectivity index (χ4n) is 11.4. The van der Waals surface area contributed by atoms with Crippen molar-refractivity contribution >= 4 is 39.4 Å². The third-order valence-corrected chi connectivity index (χ3v) is 15.8. The molecule has 0 aliphatic carbocycles. The first-order chi connectivity index (χ1) is 39.0. The molecule has 8 aromatic rings. The number of nitrogens with zero attached hydrogens (tertiary/aromatic N) is 10. The molecule has 4 aromatic carbocycles. The van der Waals surface area contributed by atoms with Crippen molar-refractivity contribution in [1.82, 2.24) is 60.7 Å². The normalized spacial score (nSPS) is 18.3. The van der Waals surface area contributed by atoms with E-state index in [0.717, 1.165) is 29.3 Å². The van der Waals surface area contributed by atoms with E-state index < -0.39 is 41.2 Å². The number of aromatic amines is 1. The fourth-order valence-corrected chi connectivity index (χ4v) is 11.4. The average molecular weight is 1110 g/mol. The number of amides is 2. The van der Waals surface area contributed by atoms with E-state index in [1.54, 1.807) is 48.5 Å². The van der Waals surface area contributed by atoms with Gasteiger partial charge in [-0.05, 0) is 80.3 Å². The highest BCUT2D eigenvalue weighted by atomic mass is 19.4. The van der Waals surface area contributed by atoms with Crippen LogP contribution in [0, 0.1) is 25.6 Å². The molecule has 19 nitrogen and oxygen atoms in total. The number of halogens is 4. The second-order valence-electron chi connectivity index (χ2n) is 21.4. The first-order valence-corrected chi connectivity index (χ1v) is 27.0. The van der Waals surface area contributed by atoms with E-state index in [2.05, 4.69) is 41.1 Å². The molecule has 4 aromatic heterocycles. The minimum atomic E-state index is -4.97. The molecule has 0 unspecified atom stereocenters. The van der Waals surface area contributed by atoms with Gasteiger partial charge in [0.2, 0.25) is 11.8 Å². The lowest BCUT2D eigenvalue weighted by molar-refractivity contribution is -0.142. The van der Waals surface area contributed by atoms with Crippen molar-refractivity contribution < 1.29 is 46.5 Å². The zero-order valence-electron chi connectivity index (χ0n) is 45.5. The number of hydrogen-bond acceptors (Lipinski definition) is 15. The zero-order chi connectivity index (χ0) is 56.9. The second kappa shape index (κ2) is 22.4. The van der Waals surface area contributed by atoms with Gasteiger partial charge in [-0.3, -0.25) is 14.7 Å². The molecule has 2 amide bonds. The topological polar surface area (TPSA) is 224 Å². The molecular weight excluding hydrogens is 1050 g/mol. The fraction of sp³-hybridized carbons (Fsp3) is 0.397. The van der Waals surface area contributed by atoms with Gasteiger partial charge >= 0.3 is 12.2 Å². The maximum absolute atomic E-state index is 15.9. The number of aryl methyl sites for hydroxylation is 1. The molecule has 0 spiro atoms. The quantitative estimate of drug-likeness (QED) is 0.0594. The van der Waals surface area contributed by atoms with Crippen LogP contribution >= 0.6 is 0 Å². The van der Waals surface area contributed by atoms with Gasteiger partial charge in [0.25, 0.3) is 0 Å². The third kappa shape index (κ3) is 10.7. The van der Waals surface area contributed by atoms with Crippen LogP contribution < -0.4 is 25.0 Å². The van der Waals surface area contributed by atoms with Gasteiger partial charge in [-0.25, -0.2) is 19.0 Å². The molecule has 23 heteroatoms. The molecule has 7 heterocycles. The minimum Gasteiger partial charge on any atom is -0.486 e. The summed E-state index contributed by atoms with van der Waals surface area (Å²) in [5, 5.41) is 32.8. The van der Waals surface area contributed by atoms with Crippen molar-refractivity contribution in [3.05, 3.63) is 119 Å². The molecular formula is C58H61F4N13O6. The number of aliphatic hydroxyl groups is 1. The Morgan fingerprint density at radius 2 is 1.74 bits per heavy atom. The Morgan fingerprint density at radius 1 is 0.963 bits per heavy atom. The van der Waals surface area contributed by atoms with E-state index in [1.807, 2.05) is 49.9 Å². The summed E-state index contributed by atoms with van der Waals surface area (Å²) in [5.74, 6) is -1.69. The first kappa shape index (κ1) is 54.8. The van der Waals surface area contributed by atoms with E-state index in [1.165, 1.54) is 37.3 Å². The minimum absolute atomic E-state index is 0.0356. The van der Waals surface area contributed by atoms with Crippen molar-refractivity contribution in [2.24, 2.45) is 5.92 Å². The number of aliphatic hydroxyl groups excluding tert-OH is 1. The lowest BCUT2D eigenvalue weighted by Gasteiger charge is -2.30. The summed E-state index contributed by atoms with van der Waals surface area (Å²) in [5.41, 5.74) is 3.51. The molecule has 422 valence electrons. The Kier molecular flexibility index (Phi) is 15.2.